The first kappa shape index (κ1) is 11.4. The van der Waals surface area contributed by atoms with E-state index in [2.05, 4.69) is 50.5 Å². The predicted octanol–water partition coefficient (Wildman–Crippen LogP) is 2.22. The third-order valence-electron chi connectivity index (χ3n) is 1.22. The highest BCUT2D eigenvalue weighted by Gasteiger charge is 2.07. The van der Waals surface area contributed by atoms with E-state index < -0.39 is 0 Å². The molecule has 2 atom stereocenters. The van der Waals surface area contributed by atoms with Gasteiger partial charge in [0.2, 0.25) is 0 Å². The van der Waals surface area contributed by atoms with E-state index in [1.165, 1.54) is 0 Å². The summed E-state index contributed by atoms with van der Waals surface area (Å²) < 4.78 is 0. The van der Waals surface area contributed by atoms with E-state index in [1.807, 2.05) is 0 Å². The lowest BCUT2D eigenvalue weighted by Gasteiger charge is -2.12. The van der Waals surface area contributed by atoms with Crippen LogP contribution in [0.3, 0.4) is 0 Å². The van der Waals surface area contributed by atoms with Crippen LogP contribution in [0.2, 0.25) is 0 Å². The Morgan fingerprint density at radius 2 is 1.60 bits per heavy atom. The number of thiol groups is 4. The van der Waals surface area contributed by atoms with Gasteiger partial charge in [-0.25, -0.2) is 0 Å². The molecule has 0 aromatic heterocycles. The molecule has 0 amide bonds. The molecule has 0 aliphatic heterocycles. The monoisotopic (exact) mass is 214 g/mol. The van der Waals surface area contributed by atoms with Crippen molar-refractivity contribution in [1.29, 1.82) is 0 Å². The third-order valence-corrected chi connectivity index (χ3v) is 3.07. The fourth-order valence-electron chi connectivity index (χ4n) is 0.655. The molecule has 0 aromatic rings. The molecule has 0 fully saturated rings. The van der Waals surface area contributed by atoms with Gasteiger partial charge in [0, 0.05) is 16.3 Å². The smallest absolute Gasteiger partial charge is 0.0115 e. The molecule has 62 valence electrons. The van der Waals surface area contributed by atoms with Gasteiger partial charge in [-0.1, -0.05) is 0 Å². The molecule has 0 bridgehead atoms. The molecule has 0 radical (unpaired) electrons. The van der Waals surface area contributed by atoms with Crippen molar-refractivity contribution in [3.63, 3.8) is 0 Å². The highest BCUT2D eigenvalue weighted by Crippen LogP contribution is 2.14. The second-order valence-corrected chi connectivity index (χ2v) is 4.51. The van der Waals surface area contributed by atoms with Crippen molar-refractivity contribution in [2.75, 3.05) is 11.5 Å². The normalized spacial score (nSPS) is 16.8. The average Bonchev–Trinajstić information content (AvgIpc) is 1.88. The zero-order valence-electron chi connectivity index (χ0n) is 5.77. The van der Waals surface area contributed by atoms with Crippen LogP contribution in [0.4, 0.5) is 0 Å². The summed E-state index contributed by atoms with van der Waals surface area (Å²) in [6.07, 6.45) is 2.08. The second kappa shape index (κ2) is 7.07. The molecule has 0 heterocycles. The van der Waals surface area contributed by atoms with Crippen molar-refractivity contribution < 1.29 is 0 Å². The van der Waals surface area contributed by atoms with Crippen molar-refractivity contribution in [2.45, 2.75) is 23.3 Å². The van der Waals surface area contributed by atoms with Gasteiger partial charge in [-0.2, -0.15) is 50.5 Å². The lowest BCUT2D eigenvalue weighted by molar-refractivity contribution is 0.749. The molecule has 0 aliphatic rings. The lowest BCUT2D eigenvalue weighted by atomic mass is 10.2. The Kier molecular flexibility index (Phi) is 8.06. The first-order chi connectivity index (χ1) is 4.70. The van der Waals surface area contributed by atoms with Gasteiger partial charge < -0.3 is 0 Å². The van der Waals surface area contributed by atoms with Gasteiger partial charge >= 0.3 is 0 Å². The average molecular weight is 214 g/mol. The molecular formula is C6H14S4. The maximum atomic E-state index is 4.37. The van der Waals surface area contributed by atoms with Crippen LogP contribution in [0.1, 0.15) is 12.8 Å². The van der Waals surface area contributed by atoms with E-state index in [4.69, 9.17) is 0 Å². The van der Waals surface area contributed by atoms with Gasteiger partial charge in [-0.3, -0.25) is 0 Å². The summed E-state index contributed by atoms with van der Waals surface area (Å²) in [6.45, 7) is 0. The van der Waals surface area contributed by atoms with Gasteiger partial charge in [-0.15, -0.1) is 0 Å². The molecular weight excluding hydrogens is 200 g/mol. The largest absolute Gasteiger partial charge is 0.179 e. The van der Waals surface area contributed by atoms with E-state index in [0.29, 0.717) is 10.5 Å². The second-order valence-electron chi connectivity index (χ2n) is 2.24. The molecule has 4 heteroatoms. The van der Waals surface area contributed by atoms with Gasteiger partial charge in [-0.05, 0) is 18.6 Å². The Labute approximate surface area is 85.2 Å². The van der Waals surface area contributed by atoms with Crippen molar-refractivity contribution in [1.82, 2.24) is 0 Å². The molecule has 0 rings (SSSR count). The zero-order chi connectivity index (χ0) is 7.98. The predicted molar refractivity (Wildman–Crippen MR) is 62.5 cm³/mol. The Morgan fingerprint density at radius 3 is 2.00 bits per heavy atom. The Balaban J connectivity index is 3.27. The molecule has 0 N–H and O–H groups in total. The SMILES string of the molecule is SCCC(S)CC(S)CS. The molecule has 2 unspecified atom stereocenters. The van der Waals surface area contributed by atoms with Crippen LogP contribution < -0.4 is 0 Å². The van der Waals surface area contributed by atoms with Crippen molar-refractivity contribution >= 4 is 50.5 Å². The van der Waals surface area contributed by atoms with E-state index in [1.54, 1.807) is 0 Å². The van der Waals surface area contributed by atoms with E-state index in [9.17, 15) is 0 Å². The van der Waals surface area contributed by atoms with Crippen LogP contribution in [-0.2, 0) is 0 Å². The van der Waals surface area contributed by atoms with Crippen molar-refractivity contribution in [3.05, 3.63) is 0 Å². The summed E-state index contributed by atoms with van der Waals surface area (Å²) in [5, 5.41) is 0.817. The quantitative estimate of drug-likeness (QED) is 0.496. The maximum absolute atomic E-state index is 4.37. The van der Waals surface area contributed by atoms with Gasteiger partial charge in [0.1, 0.15) is 0 Å². The molecule has 0 aromatic carbocycles. The number of rotatable bonds is 5. The van der Waals surface area contributed by atoms with Crippen LogP contribution in [-0.4, -0.2) is 22.0 Å². The minimum Gasteiger partial charge on any atom is -0.179 e. The molecule has 10 heavy (non-hydrogen) atoms. The summed E-state index contributed by atoms with van der Waals surface area (Å²) >= 11 is 16.9. The molecule has 0 aliphatic carbocycles. The zero-order valence-corrected chi connectivity index (χ0v) is 9.35. The molecule has 0 saturated carbocycles. The third kappa shape index (κ3) is 6.13. The highest BCUT2D eigenvalue weighted by molar-refractivity contribution is 7.85. The molecule has 0 spiro atoms. The topological polar surface area (TPSA) is 0 Å². The van der Waals surface area contributed by atoms with Gasteiger partial charge in [0.15, 0.2) is 0 Å². The van der Waals surface area contributed by atoms with Crippen LogP contribution in [0.15, 0.2) is 0 Å². The standard InChI is InChI=1S/C6H14S4/c7-2-1-5(9)3-6(10)4-8/h5-10H,1-4H2. The van der Waals surface area contributed by atoms with Crippen LogP contribution in [0.5, 0.6) is 0 Å². The van der Waals surface area contributed by atoms with Gasteiger partial charge in [0.25, 0.3) is 0 Å². The Bertz CT molecular complexity index is 76.1. The fraction of sp³-hybridized carbons (Fsp3) is 1.00. The lowest BCUT2D eigenvalue weighted by Crippen LogP contribution is -2.10. The summed E-state index contributed by atoms with van der Waals surface area (Å²) in [5.41, 5.74) is 0. The highest BCUT2D eigenvalue weighted by atomic mass is 32.1. The minimum atomic E-state index is 0.380. The van der Waals surface area contributed by atoms with Crippen LogP contribution >= 0.6 is 50.5 Å². The van der Waals surface area contributed by atoms with E-state index in [-0.39, 0.29) is 0 Å². The first-order valence-electron chi connectivity index (χ1n) is 3.28. The Hall–Kier alpha value is 1.40. The number of hydrogen-bond acceptors (Lipinski definition) is 4. The molecule has 0 nitrogen and oxygen atoms in total. The van der Waals surface area contributed by atoms with Gasteiger partial charge in [0.05, 0.1) is 0 Å². The summed E-state index contributed by atoms with van der Waals surface area (Å²) in [4.78, 5) is 0. The molecule has 0 saturated heterocycles. The Morgan fingerprint density at radius 1 is 1.00 bits per heavy atom. The minimum absolute atomic E-state index is 0.380. The van der Waals surface area contributed by atoms with E-state index >= 15 is 0 Å². The summed E-state index contributed by atoms with van der Waals surface area (Å²) in [7, 11) is 0. The van der Waals surface area contributed by atoms with Crippen LogP contribution in [0.25, 0.3) is 0 Å². The maximum Gasteiger partial charge on any atom is 0.0115 e. The van der Waals surface area contributed by atoms with Crippen molar-refractivity contribution in [2.24, 2.45) is 0 Å². The van der Waals surface area contributed by atoms with E-state index in [0.717, 1.165) is 24.3 Å². The summed E-state index contributed by atoms with van der Waals surface area (Å²) in [6, 6.07) is 0. The summed E-state index contributed by atoms with van der Waals surface area (Å²) in [5.74, 6) is 1.73. The fourth-order valence-corrected chi connectivity index (χ4v) is 2.12. The number of hydrogen-bond donors (Lipinski definition) is 4. The van der Waals surface area contributed by atoms with Crippen molar-refractivity contribution in [3.8, 4) is 0 Å². The first-order valence-corrected chi connectivity index (χ1v) is 5.58. The van der Waals surface area contributed by atoms with Crippen LogP contribution in [0, 0.1) is 0 Å².